The molecule has 0 saturated heterocycles. The second kappa shape index (κ2) is 6.24. The number of nitrogens with one attached hydrogen (secondary N) is 2. The van der Waals surface area contributed by atoms with Crippen LogP contribution in [0.3, 0.4) is 0 Å². The van der Waals surface area contributed by atoms with E-state index in [1.54, 1.807) is 0 Å². The Morgan fingerprint density at radius 1 is 1.67 bits per heavy atom. The number of amides is 1. The van der Waals surface area contributed by atoms with Gasteiger partial charge in [-0.25, -0.2) is 0 Å². The van der Waals surface area contributed by atoms with E-state index in [0.717, 1.165) is 18.5 Å². The minimum Gasteiger partial charge on any atom is -0.365 e. The Hall–Kier alpha value is -1.29. The maximum Gasteiger partial charge on any atom is 0.222 e. The van der Waals surface area contributed by atoms with Crippen LogP contribution in [0.5, 0.6) is 0 Å². The summed E-state index contributed by atoms with van der Waals surface area (Å²) < 4.78 is 0. The van der Waals surface area contributed by atoms with Gasteiger partial charge in [0.1, 0.15) is 0 Å². The van der Waals surface area contributed by atoms with E-state index in [1.165, 1.54) is 0 Å². The number of hydrogen-bond donors (Lipinski definition) is 3. The average Bonchev–Trinajstić information content (AvgIpc) is 2.71. The number of hydrogen-bond acceptors (Lipinski definition) is 2. The normalized spacial score (nSPS) is 12.4. The zero-order chi connectivity index (χ0) is 11.1. The maximum atomic E-state index is 11.5. The van der Waals surface area contributed by atoms with Crippen molar-refractivity contribution in [3.05, 3.63) is 24.0 Å². The lowest BCUT2D eigenvalue weighted by atomic mass is 10.1. The molecule has 1 atom stereocenters. The Balaban J connectivity index is 2.17. The molecule has 0 fully saturated rings. The first kappa shape index (κ1) is 11.8. The standard InChI is InChI=1S/C11H19N3O/c1-9(4-6-12)11(15)14-8-5-10-3-2-7-13-10/h2-3,7,9,13H,4-6,8,12H2,1H3,(H,14,15). The molecule has 0 aliphatic rings. The summed E-state index contributed by atoms with van der Waals surface area (Å²) in [4.78, 5) is 14.6. The first-order valence-electron chi connectivity index (χ1n) is 5.34. The predicted molar refractivity (Wildman–Crippen MR) is 60.3 cm³/mol. The average molecular weight is 209 g/mol. The molecular weight excluding hydrogens is 190 g/mol. The Morgan fingerprint density at radius 2 is 2.47 bits per heavy atom. The molecule has 15 heavy (non-hydrogen) atoms. The van der Waals surface area contributed by atoms with Crippen molar-refractivity contribution in [3.8, 4) is 0 Å². The Labute approximate surface area is 90.2 Å². The van der Waals surface area contributed by atoms with Crippen molar-refractivity contribution in [1.82, 2.24) is 10.3 Å². The fourth-order valence-electron chi connectivity index (χ4n) is 1.40. The molecule has 1 unspecified atom stereocenters. The molecule has 4 N–H and O–H groups in total. The van der Waals surface area contributed by atoms with Gasteiger partial charge in [0.15, 0.2) is 0 Å². The molecule has 1 heterocycles. The van der Waals surface area contributed by atoms with Gasteiger partial charge < -0.3 is 16.0 Å². The summed E-state index contributed by atoms with van der Waals surface area (Å²) in [7, 11) is 0. The third-order valence-corrected chi connectivity index (χ3v) is 2.40. The second-order valence-corrected chi connectivity index (χ2v) is 3.71. The molecule has 0 radical (unpaired) electrons. The topological polar surface area (TPSA) is 70.9 Å². The van der Waals surface area contributed by atoms with Crippen LogP contribution in [0.1, 0.15) is 19.0 Å². The summed E-state index contributed by atoms with van der Waals surface area (Å²) >= 11 is 0. The Morgan fingerprint density at radius 3 is 3.07 bits per heavy atom. The summed E-state index contributed by atoms with van der Waals surface area (Å²) in [6.45, 7) is 3.14. The molecule has 4 nitrogen and oxygen atoms in total. The summed E-state index contributed by atoms with van der Waals surface area (Å²) in [6.07, 6.45) is 3.47. The molecule has 0 saturated carbocycles. The van der Waals surface area contributed by atoms with Crippen molar-refractivity contribution < 1.29 is 4.79 Å². The van der Waals surface area contributed by atoms with Crippen molar-refractivity contribution in [2.45, 2.75) is 19.8 Å². The van der Waals surface area contributed by atoms with E-state index in [1.807, 2.05) is 25.3 Å². The predicted octanol–water partition coefficient (Wildman–Crippen LogP) is 0.658. The van der Waals surface area contributed by atoms with Gasteiger partial charge >= 0.3 is 0 Å². The van der Waals surface area contributed by atoms with Crippen molar-refractivity contribution in [1.29, 1.82) is 0 Å². The van der Waals surface area contributed by atoms with Gasteiger partial charge in [0.25, 0.3) is 0 Å². The van der Waals surface area contributed by atoms with E-state index in [4.69, 9.17) is 5.73 Å². The number of carbonyl (C=O) groups excluding carboxylic acids is 1. The molecule has 1 amide bonds. The minimum atomic E-state index is 0.0126. The van der Waals surface area contributed by atoms with Crippen LogP contribution in [0.25, 0.3) is 0 Å². The monoisotopic (exact) mass is 209 g/mol. The summed E-state index contributed by atoms with van der Waals surface area (Å²) in [5, 5.41) is 2.89. The van der Waals surface area contributed by atoms with Crippen LogP contribution < -0.4 is 11.1 Å². The SMILES string of the molecule is CC(CCN)C(=O)NCCc1ccc[nH]1. The largest absolute Gasteiger partial charge is 0.365 e. The van der Waals surface area contributed by atoms with Crippen LogP contribution in [0.15, 0.2) is 18.3 Å². The molecule has 0 spiro atoms. The number of aromatic nitrogens is 1. The molecule has 4 heteroatoms. The van der Waals surface area contributed by atoms with E-state index in [0.29, 0.717) is 13.1 Å². The number of H-pyrrole nitrogens is 1. The summed E-state index contributed by atoms with van der Waals surface area (Å²) in [5.74, 6) is 0.102. The number of carbonyl (C=O) groups is 1. The Kier molecular flexibility index (Phi) is 4.90. The lowest BCUT2D eigenvalue weighted by Gasteiger charge is -2.10. The van der Waals surface area contributed by atoms with Gasteiger partial charge in [0.05, 0.1) is 0 Å². The van der Waals surface area contributed by atoms with Gasteiger partial charge in [-0.2, -0.15) is 0 Å². The zero-order valence-electron chi connectivity index (χ0n) is 9.12. The van der Waals surface area contributed by atoms with Gasteiger partial charge in [-0.3, -0.25) is 4.79 Å². The van der Waals surface area contributed by atoms with Crippen LogP contribution in [0.4, 0.5) is 0 Å². The Bertz CT molecular complexity index is 282. The van der Waals surface area contributed by atoms with Gasteiger partial charge in [-0.15, -0.1) is 0 Å². The van der Waals surface area contributed by atoms with E-state index < -0.39 is 0 Å². The highest BCUT2D eigenvalue weighted by Crippen LogP contribution is 2.00. The molecular formula is C11H19N3O. The maximum absolute atomic E-state index is 11.5. The van der Waals surface area contributed by atoms with E-state index in [2.05, 4.69) is 10.3 Å². The first-order chi connectivity index (χ1) is 7.24. The summed E-state index contributed by atoms with van der Waals surface area (Å²) in [6, 6.07) is 3.96. The molecule has 1 aromatic rings. The summed E-state index contributed by atoms with van der Waals surface area (Å²) in [5.41, 5.74) is 6.53. The van der Waals surface area contributed by atoms with Crippen LogP contribution >= 0.6 is 0 Å². The second-order valence-electron chi connectivity index (χ2n) is 3.71. The lowest BCUT2D eigenvalue weighted by molar-refractivity contribution is -0.124. The third kappa shape index (κ3) is 4.16. The molecule has 1 rings (SSSR count). The molecule has 0 bridgehead atoms. The first-order valence-corrected chi connectivity index (χ1v) is 5.34. The van der Waals surface area contributed by atoms with Gasteiger partial charge in [-0.05, 0) is 25.1 Å². The van der Waals surface area contributed by atoms with Crippen LogP contribution in [-0.4, -0.2) is 24.0 Å². The highest BCUT2D eigenvalue weighted by atomic mass is 16.1. The highest BCUT2D eigenvalue weighted by molar-refractivity contribution is 5.78. The third-order valence-electron chi connectivity index (χ3n) is 2.40. The molecule has 0 aliphatic heterocycles. The van der Waals surface area contributed by atoms with E-state index >= 15 is 0 Å². The van der Waals surface area contributed by atoms with Crippen molar-refractivity contribution in [2.24, 2.45) is 11.7 Å². The molecule has 1 aromatic heterocycles. The molecule has 84 valence electrons. The molecule has 0 aliphatic carbocycles. The fourth-order valence-corrected chi connectivity index (χ4v) is 1.40. The van der Waals surface area contributed by atoms with Gasteiger partial charge in [0.2, 0.25) is 5.91 Å². The van der Waals surface area contributed by atoms with Crippen molar-refractivity contribution in [2.75, 3.05) is 13.1 Å². The fraction of sp³-hybridized carbons (Fsp3) is 0.545. The highest BCUT2D eigenvalue weighted by Gasteiger charge is 2.10. The van der Waals surface area contributed by atoms with Crippen molar-refractivity contribution >= 4 is 5.91 Å². The van der Waals surface area contributed by atoms with Crippen LogP contribution in [-0.2, 0) is 11.2 Å². The van der Waals surface area contributed by atoms with Crippen molar-refractivity contribution in [3.63, 3.8) is 0 Å². The number of nitrogens with two attached hydrogens (primary N) is 1. The van der Waals surface area contributed by atoms with Crippen LogP contribution in [0, 0.1) is 5.92 Å². The smallest absolute Gasteiger partial charge is 0.222 e. The molecule has 0 aromatic carbocycles. The lowest BCUT2D eigenvalue weighted by Crippen LogP contribution is -2.31. The quantitative estimate of drug-likeness (QED) is 0.644. The zero-order valence-corrected chi connectivity index (χ0v) is 9.12. The van der Waals surface area contributed by atoms with Gasteiger partial charge in [-0.1, -0.05) is 6.92 Å². The minimum absolute atomic E-state index is 0.0126. The van der Waals surface area contributed by atoms with Gasteiger partial charge in [0, 0.05) is 30.8 Å². The number of aromatic amines is 1. The van der Waals surface area contributed by atoms with E-state index in [-0.39, 0.29) is 11.8 Å². The van der Waals surface area contributed by atoms with Crippen LogP contribution in [0.2, 0.25) is 0 Å². The van der Waals surface area contributed by atoms with E-state index in [9.17, 15) is 4.79 Å². The number of rotatable bonds is 6.